The lowest BCUT2D eigenvalue weighted by Crippen LogP contribution is -2.44. The lowest BCUT2D eigenvalue weighted by atomic mass is 10.1. The molecule has 0 unspecified atom stereocenters. The van der Waals surface area contributed by atoms with E-state index in [2.05, 4.69) is 6.58 Å². The lowest BCUT2D eigenvalue weighted by molar-refractivity contribution is -0.113. The van der Waals surface area contributed by atoms with Crippen molar-refractivity contribution in [1.29, 1.82) is 0 Å². The summed E-state index contributed by atoms with van der Waals surface area (Å²) in [6, 6.07) is 4.67. The third-order valence-electron chi connectivity index (χ3n) is 3.87. The Labute approximate surface area is 148 Å². The molecule has 1 aliphatic heterocycles. The molecule has 0 aliphatic carbocycles. The molecule has 0 radical (unpaired) electrons. The van der Waals surface area contributed by atoms with Gasteiger partial charge in [-0.2, -0.15) is 0 Å². The van der Waals surface area contributed by atoms with Gasteiger partial charge in [-0.15, -0.1) is 0 Å². The zero-order valence-electron chi connectivity index (χ0n) is 15.2. The van der Waals surface area contributed by atoms with E-state index in [0.29, 0.717) is 24.5 Å². The maximum absolute atomic E-state index is 12.3. The SMILES string of the molecule is C=Cc1cc(O[C@H]2CCN(C(=O)OC(C)(C)C)[C@@H]2C=O)ccc1OC. The molecule has 1 amide bonds. The monoisotopic (exact) mass is 347 g/mol. The van der Waals surface area contributed by atoms with Crippen LogP contribution in [0, 0.1) is 0 Å². The van der Waals surface area contributed by atoms with Gasteiger partial charge in [0.25, 0.3) is 0 Å². The summed E-state index contributed by atoms with van der Waals surface area (Å²) in [6.07, 6.45) is 2.04. The summed E-state index contributed by atoms with van der Waals surface area (Å²) in [5.74, 6) is 1.29. The van der Waals surface area contributed by atoms with Gasteiger partial charge in [0.1, 0.15) is 35.5 Å². The predicted octanol–water partition coefficient (Wildman–Crippen LogP) is 3.29. The molecule has 0 N–H and O–H groups in total. The molecule has 2 rings (SSSR count). The third-order valence-corrected chi connectivity index (χ3v) is 3.87. The first-order valence-corrected chi connectivity index (χ1v) is 8.21. The highest BCUT2D eigenvalue weighted by Gasteiger charge is 2.40. The number of benzene rings is 1. The minimum atomic E-state index is -0.677. The topological polar surface area (TPSA) is 65.1 Å². The van der Waals surface area contributed by atoms with E-state index < -0.39 is 23.8 Å². The number of nitrogens with zero attached hydrogens (tertiary/aromatic N) is 1. The second-order valence-electron chi connectivity index (χ2n) is 6.85. The zero-order chi connectivity index (χ0) is 18.6. The molecule has 1 aliphatic rings. The number of amides is 1. The largest absolute Gasteiger partial charge is 0.496 e. The Morgan fingerprint density at radius 2 is 2.08 bits per heavy atom. The van der Waals surface area contributed by atoms with Gasteiger partial charge in [0.2, 0.25) is 0 Å². The number of aldehydes is 1. The van der Waals surface area contributed by atoms with E-state index in [-0.39, 0.29) is 0 Å². The second kappa shape index (κ2) is 7.59. The lowest BCUT2D eigenvalue weighted by Gasteiger charge is -2.27. The number of likely N-dealkylation sites (tertiary alicyclic amines) is 1. The van der Waals surface area contributed by atoms with Gasteiger partial charge in [-0.1, -0.05) is 12.7 Å². The second-order valence-corrected chi connectivity index (χ2v) is 6.85. The summed E-state index contributed by atoms with van der Waals surface area (Å²) >= 11 is 0. The van der Waals surface area contributed by atoms with Crippen LogP contribution in [0.3, 0.4) is 0 Å². The van der Waals surface area contributed by atoms with Crippen LogP contribution in [0.15, 0.2) is 24.8 Å². The maximum atomic E-state index is 12.3. The summed E-state index contributed by atoms with van der Waals surface area (Å²) in [5.41, 5.74) is 0.183. The highest BCUT2D eigenvalue weighted by atomic mass is 16.6. The van der Waals surface area contributed by atoms with Gasteiger partial charge in [-0.3, -0.25) is 4.90 Å². The van der Waals surface area contributed by atoms with Gasteiger partial charge in [-0.05, 0) is 39.0 Å². The molecule has 0 aromatic heterocycles. The van der Waals surface area contributed by atoms with E-state index in [1.807, 2.05) is 0 Å². The third kappa shape index (κ3) is 4.53. The minimum Gasteiger partial charge on any atom is -0.496 e. The molecule has 25 heavy (non-hydrogen) atoms. The number of hydrogen-bond acceptors (Lipinski definition) is 5. The Morgan fingerprint density at radius 3 is 2.64 bits per heavy atom. The number of rotatable bonds is 5. The van der Waals surface area contributed by atoms with E-state index in [1.165, 1.54) is 4.90 Å². The van der Waals surface area contributed by atoms with Crippen molar-refractivity contribution in [1.82, 2.24) is 4.90 Å². The highest BCUT2D eigenvalue weighted by molar-refractivity contribution is 5.75. The Hall–Kier alpha value is -2.50. The summed E-state index contributed by atoms with van der Waals surface area (Å²) < 4.78 is 16.6. The Balaban J connectivity index is 2.12. The highest BCUT2D eigenvalue weighted by Crippen LogP contribution is 2.29. The van der Waals surface area contributed by atoms with E-state index in [0.717, 1.165) is 11.8 Å². The van der Waals surface area contributed by atoms with Gasteiger partial charge in [-0.25, -0.2) is 4.79 Å². The standard InChI is InChI=1S/C19H25NO5/c1-6-13-11-14(7-8-16(13)23-5)24-17-9-10-20(15(17)12-21)18(22)25-19(2,3)4/h6-8,11-12,15,17H,1,9-10H2,2-5H3/t15-,17+/m1/s1. The van der Waals surface area contributed by atoms with Crippen LogP contribution in [0.5, 0.6) is 11.5 Å². The molecule has 0 bridgehead atoms. The molecular weight excluding hydrogens is 322 g/mol. The average molecular weight is 347 g/mol. The predicted molar refractivity (Wildman–Crippen MR) is 94.9 cm³/mol. The molecular formula is C19H25NO5. The Morgan fingerprint density at radius 1 is 1.36 bits per heavy atom. The van der Waals surface area contributed by atoms with Crippen molar-refractivity contribution < 1.29 is 23.8 Å². The van der Waals surface area contributed by atoms with Crippen LogP contribution < -0.4 is 9.47 Å². The Bertz CT molecular complexity index is 650. The molecule has 6 heteroatoms. The van der Waals surface area contributed by atoms with E-state index >= 15 is 0 Å². The van der Waals surface area contributed by atoms with Crippen molar-refractivity contribution in [3.8, 4) is 11.5 Å². The molecule has 2 atom stereocenters. The van der Waals surface area contributed by atoms with Crippen molar-refractivity contribution in [3.05, 3.63) is 30.3 Å². The van der Waals surface area contributed by atoms with Gasteiger partial charge < -0.3 is 19.0 Å². The van der Waals surface area contributed by atoms with Crippen LogP contribution in [-0.4, -0.2) is 48.7 Å². The molecule has 136 valence electrons. The smallest absolute Gasteiger partial charge is 0.411 e. The van der Waals surface area contributed by atoms with Gasteiger partial charge >= 0.3 is 6.09 Å². The first kappa shape index (κ1) is 18.8. The van der Waals surface area contributed by atoms with Crippen molar-refractivity contribution in [2.24, 2.45) is 0 Å². The molecule has 1 aromatic carbocycles. The van der Waals surface area contributed by atoms with E-state index in [1.54, 1.807) is 52.2 Å². The fraction of sp³-hybridized carbons (Fsp3) is 0.474. The normalized spacial score (nSPS) is 20.1. The summed E-state index contributed by atoms with van der Waals surface area (Å²) in [5, 5.41) is 0. The van der Waals surface area contributed by atoms with Crippen molar-refractivity contribution in [2.45, 2.75) is 44.9 Å². The average Bonchev–Trinajstić information content (AvgIpc) is 2.95. The number of ether oxygens (including phenoxy) is 3. The molecule has 0 saturated carbocycles. The van der Waals surface area contributed by atoms with Crippen LogP contribution >= 0.6 is 0 Å². The number of hydrogen-bond donors (Lipinski definition) is 0. The number of carbonyl (C=O) groups excluding carboxylic acids is 2. The van der Waals surface area contributed by atoms with Crippen molar-refractivity contribution >= 4 is 18.5 Å². The van der Waals surface area contributed by atoms with Crippen molar-refractivity contribution in [3.63, 3.8) is 0 Å². The summed E-state index contributed by atoms with van der Waals surface area (Å²) in [4.78, 5) is 25.2. The van der Waals surface area contributed by atoms with Crippen LogP contribution in [-0.2, 0) is 9.53 Å². The first-order valence-electron chi connectivity index (χ1n) is 8.21. The van der Waals surface area contributed by atoms with Crippen molar-refractivity contribution in [2.75, 3.05) is 13.7 Å². The minimum absolute atomic E-state index is 0.410. The van der Waals surface area contributed by atoms with E-state index in [4.69, 9.17) is 14.2 Å². The van der Waals surface area contributed by atoms with Gasteiger partial charge in [0, 0.05) is 18.5 Å². The van der Waals surface area contributed by atoms with Gasteiger partial charge in [0.05, 0.1) is 7.11 Å². The summed E-state index contributed by atoms with van der Waals surface area (Å²) in [7, 11) is 1.58. The van der Waals surface area contributed by atoms with Crippen LogP contribution in [0.4, 0.5) is 4.79 Å². The quantitative estimate of drug-likeness (QED) is 0.765. The fourth-order valence-corrected chi connectivity index (χ4v) is 2.73. The summed E-state index contributed by atoms with van der Waals surface area (Å²) in [6.45, 7) is 9.53. The van der Waals surface area contributed by atoms with Crippen LogP contribution in [0.2, 0.25) is 0 Å². The molecule has 1 aromatic rings. The zero-order valence-corrected chi connectivity index (χ0v) is 15.2. The van der Waals surface area contributed by atoms with Crippen LogP contribution in [0.25, 0.3) is 6.08 Å². The molecule has 6 nitrogen and oxygen atoms in total. The number of methoxy groups -OCH3 is 1. The Kier molecular flexibility index (Phi) is 5.72. The first-order chi connectivity index (χ1) is 11.8. The van der Waals surface area contributed by atoms with E-state index in [9.17, 15) is 9.59 Å². The fourth-order valence-electron chi connectivity index (χ4n) is 2.73. The van der Waals surface area contributed by atoms with Crippen LogP contribution in [0.1, 0.15) is 32.8 Å². The van der Waals surface area contributed by atoms with Gasteiger partial charge in [0.15, 0.2) is 0 Å². The molecule has 1 fully saturated rings. The maximum Gasteiger partial charge on any atom is 0.411 e. The molecule has 0 spiro atoms. The molecule has 1 heterocycles. The molecule has 1 saturated heterocycles. The number of carbonyl (C=O) groups is 2.